The van der Waals surface area contributed by atoms with Crippen LogP contribution in [0, 0.1) is 0 Å². The summed E-state index contributed by atoms with van der Waals surface area (Å²) in [5.74, 6) is 0. The van der Waals surface area contributed by atoms with Crippen LogP contribution in [0.25, 0.3) is 0 Å². The van der Waals surface area contributed by atoms with E-state index < -0.39 is 0 Å². The Bertz CT molecular complexity index is 267. The Morgan fingerprint density at radius 1 is 1.31 bits per heavy atom. The van der Waals surface area contributed by atoms with Crippen LogP contribution >= 0.6 is 23.4 Å². The van der Waals surface area contributed by atoms with Crippen molar-refractivity contribution in [3.63, 3.8) is 0 Å². The largest absolute Gasteiger partial charge is 0.316 e. The highest BCUT2D eigenvalue weighted by Crippen LogP contribution is 2.27. The van der Waals surface area contributed by atoms with Gasteiger partial charge in [-0.25, -0.2) is 0 Å². The number of hydrogen-bond acceptors (Lipinski definition) is 2. The van der Waals surface area contributed by atoms with Gasteiger partial charge >= 0.3 is 0 Å². The first kappa shape index (κ1) is 9.38. The predicted octanol–water partition coefficient (Wildman–Crippen LogP) is 2.79. The Kier molecular flexibility index (Phi) is 3.14. The van der Waals surface area contributed by atoms with E-state index in [0.29, 0.717) is 0 Å². The maximum atomic E-state index is 5.81. The molecule has 0 aliphatic carbocycles. The van der Waals surface area contributed by atoms with Crippen LogP contribution < -0.4 is 5.32 Å². The SMILES string of the molecule is Clc1ccc(SC2CCNC2)cc1. The van der Waals surface area contributed by atoms with Crippen LogP contribution in [0.5, 0.6) is 0 Å². The zero-order chi connectivity index (χ0) is 9.10. The van der Waals surface area contributed by atoms with Gasteiger partial charge < -0.3 is 5.32 Å². The van der Waals surface area contributed by atoms with Crippen molar-refractivity contribution in [2.75, 3.05) is 13.1 Å². The molecule has 1 aliphatic rings. The first-order valence-electron chi connectivity index (χ1n) is 4.47. The number of halogens is 1. The third kappa shape index (κ3) is 2.63. The lowest BCUT2D eigenvalue weighted by Crippen LogP contribution is -2.09. The van der Waals surface area contributed by atoms with Crippen LogP contribution in [0.4, 0.5) is 0 Å². The molecule has 1 unspecified atom stereocenters. The van der Waals surface area contributed by atoms with Crippen LogP contribution in [-0.4, -0.2) is 18.3 Å². The molecule has 1 heterocycles. The maximum absolute atomic E-state index is 5.81. The molecule has 13 heavy (non-hydrogen) atoms. The average molecular weight is 214 g/mol. The predicted molar refractivity (Wildman–Crippen MR) is 58.6 cm³/mol. The summed E-state index contributed by atoms with van der Waals surface area (Å²) in [4.78, 5) is 1.32. The summed E-state index contributed by atoms with van der Waals surface area (Å²) in [6.45, 7) is 2.29. The summed E-state index contributed by atoms with van der Waals surface area (Å²) in [6, 6.07) is 8.08. The van der Waals surface area contributed by atoms with Gasteiger partial charge in [0.1, 0.15) is 0 Å². The number of thioether (sulfide) groups is 1. The number of rotatable bonds is 2. The highest BCUT2D eigenvalue weighted by atomic mass is 35.5. The molecule has 70 valence electrons. The summed E-state index contributed by atoms with van der Waals surface area (Å²) in [5, 5.41) is 4.91. The molecule has 1 aromatic rings. The second-order valence-electron chi connectivity index (χ2n) is 3.19. The normalized spacial score (nSPS) is 22.1. The number of benzene rings is 1. The fraction of sp³-hybridized carbons (Fsp3) is 0.400. The molecule has 1 saturated heterocycles. The first-order chi connectivity index (χ1) is 6.34. The van der Waals surface area contributed by atoms with Crippen LogP contribution in [0.2, 0.25) is 5.02 Å². The minimum atomic E-state index is 0.737. The van der Waals surface area contributed by atoms with E-state index in [4.69, 9.17) is 11.6 Å². The van der Waals surface area contributed by atoms with Gasteiger partial charge in [0.2, 0.25) is 0 Å². The van der Waals surface area contributed by atoms with Crippen molar-refractivity contribution in [2.45, 2.75) is 16.6 Å². The molecule has 0 radical (unpaired) electrons. The van der Waals surface area contributed by atoms with Crippen molar-refractivity contribution in [1.29, 1.82) is 0 Å². The zero-order valence-electron chi connectivity index (χ0n) is 7.29. The van der Waals surface area contributed by atoms with Gasteiger partial charge in [-0.2, -0.15) is 0 Å². The summed E-state index contributed by atoms with van der Waals surface area (Å²) in [6.07, 6.45) is 1.27. The molecule has 1 N–H and O–H groups in total. The topological polar surface area (TPSA) is 12.0 Å². The zero-order valence-corrected chi connectivity index (χ0v) is 8.87. The number of hydrogen-bond donors (Lipinski definition) is 1. The van der Waals surface area contributed by atoms with Crippen molar-refractivity contribution in [1.82, 2.24) is 5.32 Å². The average Bonchev–Trinajstić information content (AvgIpc) is 2.62. The Hall–Kier alpha value is -0.180. The minimum absolute atomic E-state index is 0.737. The van der Waals surface area contributed by atoms with Gasteiger partial charge in [0.05, 0.1) is 0 Å². The molecule has 1 aromatic carbocycles. The van der Waals surface area contributed by atoms with E-state index in [2.05, 4.69) is 17.4 Å². The molecular formula is C10H12ClNS. The first-order valence-corrected chi connectivity index (χ1v) is 5.73. The minimum Gasteiger partial charge on any atom is -0.316 e. The van der Waals surface area contributed by atoms with Gasteiger partial charge in [-0.1, -0.05) is 11.6 Å². The smallest absolute Gasteiger partial charge is 0.0406 e. The molecule has 1 aliphatic heterocycles. The van der Waals surface area contributed by atoms with E-state index in [1.807, 2.05) is 23.9 Å². The van der Waals surface area contributed by atoms with Crippen molar-refractivity contribution >= 4 is 23.4 Å². The summed E-state index contributed by atoms with van der Waals surface area (Å²) in [5.41, 5.74) is 0. The van der Waals surface area contributed by atoms with Gasteiger partial charge in [0.25, 0.3) is 0 Å². The van der Waals surface area contributed by atoms with Crippen molar-refractivity contribution in [3.8, 4) is 0 Å². The van der Waals surface area contributed by atoms with Gasteiger partial charge in [0, 0.05) is 21.7 Å². The molecule has 1 nitrogen and oxygen atoms in total. The third-order valence-electron chi connectivity index (χ3n) is 2.13. The molecule has 0 bridgehead atoms. The maximum Gasteiger partial charge on any atom is 0.0406 e. The van der Waals surface area contributed by atoms with E-state index >= 15 is 0 Å². The van der Waals surface area contributed by atoms with Gasteiger partial charge in [-0.3, -0.25) is 0 Å². The lowest BCUT2D eigenvalue weighted by atomic mass is 10.4. The molecule has 0 spiro atoms. The van der Waals surface area contributed by atoms with Gasteiger partial charge in [-0.15, -0.1) is 11.8 Å². The monoisotopic (exact) mass is 213 g/mol. The van der Waals surface area contributed by atoms with Crippen molar-refractivity contribution in [3.05, 3.63) is 29.3 Å². The molecule has 3 heteroatoms. The van der Waals surface area contributed by atoms with Crippen LogP contribution in [0.3, 0.4) is 0 Å². The Morgan fingerprint density at radius 2 is 2.08 bits per heavy atom. The van der Waals surface area contributed by atoms with Crippen LogP contribution in [0.15, 0.2) is 29.2 Å². The molecule has 0 aromatic heterocycles. The van der Waals surface area contributed by atoms with E-state index in [1.165, 1.54) is 11.3 Å². The summed E-state index contributed by atoms with van der Waals surface area (Å²) < 4.78 is 0. The van der Waals surface area contributed by atoms with E-state index in [1.54, 1.807) is 0 Å². The van der Waals surface area contributed by atoms with Crippen molar-refractivity contribution < 1.29 is 0 Å². The van der Waals surface area contributed by atoms with Crippen molar-refractivity contribution in [2.24, 2.45) is 0 Å². The molecular weight excluding hydrogens is 202 g/mol. The third-order valence-corrected chi connectivity index (χ3v) is 3.66. The van der Waals surface area contributed by atoms with E-state index in [-0.39, 0.29) is 0 Å². The van der Waals surface area contributed by atoms with E-state index in [0.717, 1.165) is 23.4 Å². The Morgan fingerprint density at radius 3 is 2.69 bits per heavy atom. The number of nitrogens with one attached hydrogen (secondary N) is 1. The molecule has 1 atom stereocenters. The molecule has 0 amide bonds. The second-order valence-corrected chi connectivity index (χ2v) is 5.00. The molecule has 0 saturated carbocycles. The van der Waals surface area contributed by atoms with Gasteiger partial charge in [0.15, 0.2) is 0 Å². The van der Waals surface area contributed by atoms with Crippen LogP contribution in [0.1, 0.15) is 6.42 Å². The van der Waals surface area contributed by atoms with E-state index in [9.17, 15) is 0 Å². The molecule has 1 fully saturated rings. The summed E-state index contributed by atoms with van der Waals surface area (Å²) in [7, 11) is 0. The summed E-state index contributed by atoms with van der Waals surface area (Å²) >= 11 is 7.75. The van der Waals surface area contributed by atoms with Crippen LogP contribution in [-0.2, 0) is 0 Å². The second kappa shape index (κ2) is 4.36. The highest BCUT2D eigenvalue weighted by molar-refractivity contribution is 8.00. The molecule has 2 rings (SSSR count). The highest BCUT2D eigenvalue weighted by Gasteiger charge is 2.14. The lowest BCUT2D eigenvalue weighted by Gasteiger charge is -2.07. The fourth-order valence-electron chi connectivity index (χ4n) is 1.43. The standard InChI is InChI=1S/C10H12ClNS/c11-8-1-3-9(4-2-8)13-10-5-6-12-7-10/h1-4,10,12H,5-7H2. The fourth-order valence-corrected chi connectivity index (χ4v) is 2.68. The Balaban J connectivity index is 1.97. The van der Waals surface area contributed by atoms with Gasteiger partial charge in [-0.05, 0) is 37.2 Å². The lowest BCUT2D eigenvalue weighted by molar-refractivity contribution is 0.858. The Labute approximate surface area is 87.9 Å². The quantitative estimate of drug-likeness (QED) is 0.811.